The number of benzene rings is 2. The predicted molar refractivity (Wildman–Crippen MR) is 112 cm³/mol. The second kappa shape index (κ2) is 8.04. The number of nitrogens with one attached hydrogen (secondary N) is 2. The van der Waals surface area contributed by atoms with Crippen LogP contribution in [0.2, 0.25) is 0 Å². The number of nitro groups is 1. The molecule has 7 heteroatoms. The first kappa shape index (κ1) is 19.3. The van der Waals surface area contributed by atoms with Crippen molar-refractivity contribution in [2.24, 2.45) is 0 Å². The number of nitrogens with zero attached hydrogens (tertiary/aromatic N) is 3. The number of anilines is 4. The van der Waals surface area contributed by atoms with Crippen LogP contribution in [0, 0.1) is 24.0 Å². The van der Waals surface area contributed by atoms with E-state index in [1.165, 1.54) is 11.9 Å². The van der Waals surface area contributed by atoms with Gasteiger partial charge in [-0.05, 0) is 54.7 Å². The Kier molecular flexibility index (Phi) is 5.54. The lowest BCUT2D eigenvalue weighted by Crippen LogP contribution is -2.06. The van der Waals surface area contributed by atoms with Crippen LogP contribution in [-0.2, 0) is 0 Å². The van der Waals surface area contributed by atoms with Crippen molar-refractivity contribution in [2.75, 3.05) is 10.6 Å². The molecule has 0 aliphatic carbocycles. The third kappa shape index (κ3) is 4.25. The number of hydrogen-bond acceptors (Lipinski definition) is 6. The number of aromatic nitrogens is 2. The summed E-state index contributed by atoms with van der Waals surface area (Å²) in [5.41, 5.74) is 4.51. The zero-order valence-electron chi connectivity index (χ0n) is 16.4. The topological polar surface area (TPSA) is 93.0 Å². The molecule has 2 N–H and O–H groups in total. The van der Waals surface area contributed by atoms with Gasteiger partial charge in [0.25, 0.3) is 0 Å². The molecule has 0 unspecified atom stereocenters. The molecule has 0 saturated carbocycles. The van der Waals surface area contributed by atoms with Crippen molar-refractivity contribution in [1.82, 2.24) is 9.97 Å². The molecule has 3 rings (SSSR count). The largest absolute Gasteiger partial charge is 0.353 e. The summed E-state index contributed by atoms with van der Waals surface area (Å²) in [7, 11) is 0. The molecular formula is C21H23N5O2. The highest BCUT2D eigenvalue weighted by molar-refractivity contribution is 5.77. The lowest BCUT2D eigenvalue weighted by Gasteiger charge is -2.12. The molecule has 0 aliphatic rings. The zero-order chi connectivity index (χ0) is 20.3. The Morgan fingerprint density at radius 3 is 2.21 bits per heavy atom. The number of rotatable bonds is 6. The van der Waals surface area contributed by atoms with Crippen molar-refractivity contribution < 1.29 is 4.92 Å². The fourth-order valence-electron chi connectivity index (χ4n) is 2.82. The van der Waals surface area contributed by atoms with Gasteiger partial charge in [-0.3, -0.25) is 10.1 Å². The van der Waals surface area contributed by atoms with Gasteiger partial charge in [0.05, 0.1) is 4.92 Å². The highest BCUT2D eigenvalue weighted by Crippen LogP contribution is 2.34. The Bertz CT molecular complexity index is 1000. The van der Waals surface area contributed by atoms with Crippen molar-refractivity contribution in [3.05, 3.63) is 75.6 Å². The van der Waals surface area contributed by atoms with Crippen molar-refractivity contribution >= 4 is 28.7 Å². The molecule has 144 valence electrons. The van der Waals surface area contributed by atoms with Gasteiger partial charge in [-0.25, -0.2) is 9.97 Å². The quantitative estimate of drug-likeness (QED) is 0.428. The van der Waals surface area contributed by atoms with E-state index in [0.717, 1.165) is 22.5 Å². The van der Waals surface area contributed by atoms with E-state index in [0.29, 0.717) is 5.92 Å². The van der Waals surface area contributed by atoms with Crippen LogP contribution in [0.3, 0.4) is 0 Å². The van der Waals surface area contributed by atoms with Gasteiger partial charge in [0.2, 0.25) is 11.6 Å². The minimum Gasteiger partial charge on any atom is -0.334 e. The Morgan fingerprint density at radius 2 is 1.61 bits per heavy atom. The van der Waals surface area contributed by atoms with E-state index in [2.05, 4.69) is 34.4 Å². The number of aryl methyl sites for hydroxylation is 2. The SMILES string of the molecule is Cc1ccc(C)c(Nc2ncnc(Nc3ccc(C(C)C)cc3)c2[N+](=O)[O-])c1. The molecule has 0 radical (unpaired) electrons. The Morgan fingerprint density at radius 1 is 0.964 bits per heavy atom. The average Bonchev–Trinajstić information content (AvgIpc) is 2.65. The molecule has 2 aromatic carbocycles. The maximum Gasteiger partial charge on any atom is 0.353 e. The van der Waals surface area contributed by atoms with Crippen LogP contribution in [0.4, 0.5) is 28.7 Å². The molecule has 0 amide bonds. The van der Waals surface area contributed by atoms with Crippen LogP contribution in [0.25, 0.3) is 0 Å². The summed E-state index contributed by atoms with van der Waals surface area (Å²) >= 11 is 0. The molecular weight excluding hydrogens is 354 g/mol. The summed E-state index contributed by atoms with van der Waals surface area (Å²) in [6.07, 6.45) is 1.31. The standard InChI is InChI=1S/C21H23N5O2/c1-13(2)16-7-9-17(10-8-16)24-20-19(26(27)28)21(23-12-22-20)25-18-11-14(3)5-6-15(18)4/h5-13H,1-4H3,(H2,22,23,24,25). The third-order valence-corrected chi connectivity index (χ3v) is 4.49. The fourth-order valence-corrected chi connectivity index (χ4v) is 2.82. The smallest absolute Gasteiger partial charge is 0.334 e. The molecule has 28 heavy (non-hydrogen) atoms. The normalized spacial score (nSPS) is 10.8. The van der Waals surface area contributed by atoms with E-state index >= 15 is 0 Å². The third-order valence-electron chi connectivity index (χ3n) is 4.49. The Balaban J connectivity index is 1.95. The van der Waals surface area contributed by atoms with E-state index in [-0.39, 0.29) is 17.3 Å². The highest BCUT2D eigenvalue weighted by atomic mass is 16.6. The maximum atomic E-state index is 11.8. The monoisotopic (exact) mass is 377 g/mol. The molecule has 3 aromatic rings. The van der Waals surface area contributed by atoms with Crippen LogP contribution in [0.5, 0.6) is 0 Å². The molecule has 0 bridgehead atoms. The van der Waals surface area contributed by atoms with Crippen molar-refractivity contribution in [3.63, 3.8) is 0 Å². The first-order valence-corrected chi connectivity index (χ1v) is 9.06. The molecule has 7 nitrogen and oxygen atoms in total. The molecule has 0 atom stereocenters. The van der Waals surface area contributed by atoms with Gasteiger partial charge >= 0.3 is 5.69 Å². The van der Waals surface area contributed by atoms with Crippen molar-refractivity contribution in [2.45, 2.75) is 33.6 Å². The van der Waals surface area contributed by atoms with Gasteiger partial charge in [-0.1, -0.05) is 38.1 Å². The van der Waals surface area contributed by atoms with Crippen LogP contribution < -0.4 is 10.6 Å². The van der Waals surface area contributed by atoms with Gasteiger partial charge in [-0.2, -0.15) is 0 Å². The summed E-state index contributed by atoms with van der Waals surface area (Å²) < 4.78 is 0. The molecule has 1 aromatic heterocycles. The first-order valence-electron chi connectivity index (χ1n) is 9.06. The summed E-state index contributed by atoms with van der Waals surface area (Å²) in [6.45, 7) is 8.13. The second-order valence-corrected chi connectivity index (χ2v) is 7.02. The molecule has 0 spiro atoms. The van der Waals surface area contributed by atoms with Gasteiger partial charge in [0.15, 0.2) is 0 Å². The average molecular weight is 377 g/mol. The summed E-state index contributed by atoms with van der Waals surface area (Å²) in [5, 5.41) is 17.9. The van der Waals surface area contributed by atoms with Crippen molar-refractivity contribution in [3.8, 4) is 0 Å². The van der Waals surface area contributed by atoms with Gasteiger partial charge < -0.3 is 10.6 Å². The molecule has 1 heterocycles. The van der Waals surface area contributed by atoms with Crippen LogP contribution in [0.15, 0.2) is 48.8 Å². The maximum absolute atomic E-state index is 11.8. The highest BCUT2D eigenvalue weighted by Gasteiger charge is 2.23. The minimum atomic E-state index is -0.474. The van der Waals surface area contributed by atoms with Crippen LogP contribution in [-0.4, -0.2) is 14.9 Å². The number of hydrogen-bond donors (Lipinski definition) is 2. The second-order valence-electron chi connectivity index (χ2n) is 7.02. The van der Waals surface area contributed by atoms with Crippen LogP contribution >= 0.6 is 0 Å². The van der Waals surface area contributed by atoms with E-state index in [1.54, 1.807) is 0 Å². The van der Waals surface area contributed by atoms with E-state index in [9.17, 15) is 10.1 Å². The first-order chi connectivity index (χ1) is 13.3. The lowest BCUT2D eigenvalue weighted by atomic mass is 10.0. The molecule has 0 fully saturated rings. The lowest BCUT2D eigenvalue weighted by molar-refractivity contribution is -0.383. The van der Waals surface area contributed by atoms with Crippen molar-refractivity contribution in [1.29, 1.82) is 0 Å². The predicted octanol–water partition coefficient (Wildman–Crippen LogP) is 5.61. The van der Waals surface area contributed by atoms with E-state index < -0.39 is 4.92 Å². The van der Waals surface area contributed by atoms with E-state index in [4.69, 9.17) is 0 Å². The fraction of sp³-hybridized carbons (Fsp3) is 0.238. The van der Waals surface area contributed by atoms with Gasteiger partial charge in [0.1, 0.15) is 6.33 Å². The van der Waals surface area contributed by atoms with E-state index in [1.807, 2.05) is 56.3 Å². The summed E-state index contributed by atoms with van der Waals surface area (Å²) in [6, 6.07) is 13.6. The molecule has 0 saturated heterocycles. The Labute approximate surface area is 164 Å². The summed E-state index contributed by atoms with van der Waals surface area (Å²) in [5.74, 6) is 0.705. The minimum absolute atomic E-state index is 0.144. The van der Waals surface area contributed by atoms with Crippen LogP contribution in [0.1, 0.15) is 36.5 Å². The summed E-state index contributed by atoms with van der Waals surface area (Å²) in [4.78, 5) is 19.5. The molecule has 0 aliphatic heterocycles. The Hall–Kier alpha value is -3.48. The van der Waals surface area contributed by atoms with Gasteiger partial charge in [0, 0.05) is 11.4 Å². The van der Waals surface area contributed by atoms with Gasteiger partial charge in [-0.15, -0.1) is 0 Å². The zero-order valence-corrected chi connectivity index (χ0v) is 16.4.